The summed E-state index contributed by atoms with van der Waals surface area (Å²) in [5, 5.41) is -0.175. The van der Waals surface area contributed by atoms with Gasteiger partial charge in [-0.15, -0.1) is 11.6 Å². The van der Waals surface area contributed by atoms with Crippen molar-refractivity contribution in [1.82, 2.24) is 0 Å². The second-order valence-electron chi connectivity index (χ2n) is 4.53. The van der Waals surface area contributed by atoms with Crippen molar-refractivity contribution in [2.45, 2.75) is 18.7 Å². The molecule has 2 aromatic carbocycles. The van der Waals surface area contributed by atoms with Gasteiger partial charge in [0.1, 0.15) is 11.6 Å². The van der Waals surface area contributed by atoms with Crippen LogP contribution < -0.4 is 4.74 Å². The fourth-order valence-electron chi connectivity index (χ4n) is 2.09. The van der Waals surface area contributed by atoms with Crippen molar-refractivity contribution in [3.63, 3.8) is 0 Å². The number of halogens is 2. The van der Waals surface area contributed by atoms with Gasteiger partial charge in [-0.3, -0.25) is 0 Å². The topological polar surface area (TPSA) is 9.23 Å². The molecule has 1 nitrogen and oxygen atoms in total. The predicted octanol–water partition coefficient (Wildman–Crippen LogP) is 4.67. The third-order valence-electron chi connectivity index (χ3n) is 3.08. The van der Waals surface area contributed by atoms with Crippen molar-refractivity contribution in [1.29, 1.82) is 0 Å². The average Bonchev–Trinajstić information content (AvgIpc) is 2.38. The van der Waals surface area contributed by atoms with E-state index in [1.54, 1.807) is 13.2 Å². The van der Waals surface area contributed by atoms with Crippen LogP contribution in [0.2, 0.25) is 0 Å². The van der Waals surface area contributed by atoms with Crippen LogP contribution >= 0.6 is 11.6 Å². The fourth-order valence-corrected chi connectivity index (χ4v) is 2.40. The molecule has 0 aliphatic rings. The fraction of sp³-hybridized carbons (Fsp3) is 0.250. The minimum absolute atomic E-state index is 0.175. The molecule has 0 spiro atoms. The first kappa shape index (κ1) is 13.9. The number of aryl methyl sites for hydroxylation is 1. The lowest BCUT2D eigenvalue weighted by Crippen LogP contribution is -1.98. The zero-order valence-corrected chi connectivity index (χ0v) is 11.7. The molecule has 1 atom stereocenters. The molecule has 0 bridgehead atoms. The highest BCUT2D eigenvalue weighted by molar-refractivity contribution is 6.20. The SMILES string of the molecule is COc1ccc(C(Cl)Cc2cccc(F)c2)cc1C. The average molecular weight is 279 g/mol. The lowest BCUT2D eigenvalue weighted by atomic mass is 10.0. The van der Waals surface area contributed by atoms with Crippen molar-refractivity contribution >= 4 is 11.6 Å². The summed E-state index contributed by atoms with van der Waals surface area (Å²) in [5.41, 5.74) is 2.96. The second kappa shape index (κ2) is 6.07. The highest BCUT2D eigenvalue weighted by Gasteiger charge is 2.11. The van der Waals surface area contributed by atoms with Crippen LogP contribution in [0.4, 0.5) is 4.39 Å². The summed E-state index contributed by atoms with van der Waals surface area (Å²) in [7, 11) is 1.65. The first-order chi connectivity index (χ1) is 9.10. The van der Waals surface area contributed by atoms with Gasteiger partial charge in [0.25, 0.3) is 0 Å². The Kier molecular flexibility index (Phi) is 4.43. The van der Waals surface area contributed by atoms with Gasteiger partial charge in [-0.25, -0.2) is 4.39 Å². The van der Waals surface area contributed by atoms with E-state index < -0.39 is 0 Å². The van der Waals surface area contributed by atoms with E-state index >= 15 is 0 Å². The molecule has 0 saturated carbocycles. The molecule has 0 aliphatic heterocycles. The third kappa shape index (κ3) is 3.48. The van der Waals surface area contributed by atoms with Gasteiger partial charge in [0.15, 0.2) is 0 Å². The first-order valence-corrected chi connectivity index (χ1v) is 6.57. The maximum Gasteiger partial charge on any atom is 0.123 e. The Hall–Kier alpha value is -1.54. The summed E-state index contributed by atoms with van der Waals surface area (Å²) in [4.78, 5) is 0. The normalized spacial score (nSPS) is 12.2. The summed E-state index contributed by atoms with van der Waals surface area (Å²) in [6.45, 7) is 1.98. The Morgan fingerprint density at radius 1 is 1.21 bits per heavy atom. The van der Waals surface area contributed by atoms with Crippen molar-refractivity contribution in [3.05, 3.63) is 65.0 Å². The summed E-state index contributed by atoms with van der Waals surface area (Å²) in [6.07, 6.45) is 0.602. The van der Waals surface area contributed by atoms with E-state index in [-0.39, 0.29) is 11.2 Å². The second-order valence-corrected chi connectivity index (χ2v) is 5.06. The first-order valence-electron chi connectivity index (χ1n) is 6.13. The lowest BCUT2D eigenvalue weighted by Gasteiger charge is -2.12. The van der Waals surface area contributed by atoms with E-state index in [1.807, 2.05) is 31.2 Å². The van der Waals surface area contributed by atoms with Gasteiger partial charge in [0.05, 0.1) is 12.5 Å². The van der Waals surface area contributed by atoms with Crippen LogP contribution in [-0.2, 0) is 6.42 Å². The van der Waals surface area contributed by atoms with E-state index in [4.69, 9.17) is 16.3 Å². The number of rotatable bonds is 4. The molecule has 3 heteroatoms. The number of benzene rings is 2. The molecule has 2 aromatic rings. The Bertz CT molecular complexity index is 568. The molecule has 0 aliphatic carbocycles. The van der Waals surface area contributed by atoms with Crippen molar-refractivity contribution in [3.8, 4) is 5.75 Å². The molecule has 0 heterocycles. The number of ether oxygens (including phenoxy) is 1. The maximum absolute atomic E-state index is 13.1. The molecule has 19 heavy (non-hydrogen) atoms. The quantitative estimate of drug-likeness (QED) is 0.739. The van der Waals surface area contributed by atoms with E-state index in [0.29, 0.717) is 6.42 Å². The van der Waals surface area contributed by atoms with Crippen molar-refractivity contribution in [2.75, 3.05) is 7.11 Å². The number of alkyl halides is 1. The van der Waals surface area contributed by atoms with Gasteiger partial charge in [-0.05, 0) is 48.2 Å². The predicted molar refractivity (Wildman–Crippen MR) is 76.4 cm³/mol. The smallest absolute Gasteiger partial charge is 0.123 e. The van der Waals surface area contributed by atoms with E-state index in [9.17, 15) is 4.39 Å². The minimum atomic E-state index is -0.229. The minimum Gasteiger partial charge on any atom is -0.496 e. The van der Waals surface area contributed by atoms with E-state index in [2.05, 4.69) is 0 Å². The van der Waals surface area contributed by atoms with E-state index in [1.165, 1.54) is 12.1 Å². The largest absolute Gasteiger partial charge is 0.496 e. The highest BCUT2D eigenvalue weighted by atomic mass is 35.5. The molecule has 100 valence electrons. The molecule has 0 fully saturated rings. The molecule has 0 aromatic heterocycles. The monoisotopic (exact) mass is 278 g/mol. The number of hydrogen-bond acceptors (Lipinski definition) is 1. The van der Waals surface area contributed by atoms with Crippen LogP contribution in [0.5, 0.6) is 5.75 Å². The Morgan fingerprint density at radius 2 is 2.00 bits per heavy atom. The lowest BCUT2D eigenvalue weighted by molar-refractivity contribution is 0.411. The summed E-state index contributed by atoms with van der Waals surface area (Å²) in [6, 6.07) is 12.4. The van der Waals surface area contributed by atoms with Crippen molar-refractivity contribution in [2.24, 2.45) is 0 Å². The molecule has 0 saturated heterocycles. The van der Waals surface area contributed by atoms with Gasteiger partial charge >= 0.3 is 0 Å². The standard InChI is InChI=1S/C16H16ClFO/c1-11-8-13(6-7-16(11)19-2)15(17)10-12-4-3-5-14(18)9-12/h3-9,15H,10H2,1-2H3. The van der Waals surface area contributed by atoms with Gasteiger partial charge in [0.2, 0.25) is 0 Å². The maximum atomic E-state index is 13.1. The molecule has 0 radical (unpaired) electrons. The Balaban J connectivity index is 2.15. The zero-order chi connectivity index (χ0) is 13.8. The van der Waals surface area contributed by atoms with Gasteiger partial charge in [0, 0.05) is 0 Å². The number of hydrogen-bond donors (Lipinski definition) is 0. The van der Waals surface area contributed by atoms with Crippen molar-refractivity contribution < 1.29 is 9.13 Å². The van der Waals surface area contributed by atoms with Crippen LogP contribution in [0.25, 0.3) is 0 Å². The number of methoxy groups -OCH3 is 1. The van der Waals surface area contributed by atoms with Gasteiger partial charge in [-0.2, -0.15) is 0 Å². The summed E-state index contributed by atoms with van der Waals surface area (Å²) in [5.74, 6) is 0.616. The Labute approximate surface area is 118 Å². The van der Waals surface area contributed by atoms with E-state index in [0.717, 1.165) is 22.4 Å². The van der Waals surface area contributed by atoms with Gasteiger partial charge in [-0.1, -0.05) is 24.3 Å². The molecule has 1 unspecified atom stereocenters. The van der Waals surface area contributed by atoms with Crippen LogP contribution in [0.1, 0.15) is 22.1 Å². The highest BCUT2D eigenvalue weighted by Crippen LogP contribution is 2.29. The third-order valence-corrected chi connectivity index (χ3v) is 3.49. The summed E-state index contributed by atoms with van der Waals surface area (Å²) >= 11 is 6.40. The molecular formula is C16H16ClFO. The van der Waals surface area contributed by atoms with Crippen LogP contribution in [0, 0.1) is 12.7 Å². The molecule has 0 N–H and O–H groups in total. The summed E-state index contributed by atoms with van der Waals surface area (Å²) < 4.78 is 18.3. The molecule has 0 amide bonds. The molecular weight excluding hydrogens is 263 g/mol. The van der Waals surface area contributed by atoms with Crippen LogP contribution in [0.3, 0.4) is 0 Å². The zero-order valence-electron chi connectivity index (χ0n) is 11.0. The Morgan fingerprint density at radius 3 is 2.63 bits per heavy atom. The van der Waals surface area contributed by atoms with Crippen LogP contribution in [0.15, 0.2) is 42.5 Å². The van der Waals surface area contributed by atoms with Crippen LogP contribution in [-0.4, -0.2) is 7.11 Å². The molecule has 2 rings (SSSR count). The van der Waals surface area contributed by atoms with Gasteiger partial charge < -0.3 is 4.74 Å².